The molecule has 0 amide bonds. The van der Waals surface area contributed by atoms with Crippen molar-refractivity contribution in [1.29, 1.82) is 0 Å². The Balaban J connectivity index is 2.64. The Kier molecular flexibility index (Phi) is 3.21. The fraction of sp³-hybridized carbons (Fsp3) is 0.200. The average Bonchev–Trinajstić information content (AvgIpc) is 2.65. The van der Waals surface area contributed by atoms with Crippen molar-refractivity contribution in [2.24, 2.45) is 0 Å². The van der Waals surface area contributed by atoms with Gasteiger partial charge in [0.05, 0.1) is 12.7 Å². The van der Waals surface area contributed by atoms with E-state index in [-0.39, 0.29) is 14.9 Å². The number of hydrogen-bond acceptors (Lipinski definition) is 3. The largest absolute Gasteiger partial charge is 0.465 e. The molecule has 0 unspecified atom stereocenters. The van der Waals surface area contributed by atoms with Crippen LogP contribution in [-0.2, 0) is 10.9 Å². The van der Waals surface area contributed by atoms with Crippen molar-refractivity contribution >= 4 is 34.2 Å². The monoisotopic (exact) mass is 370 g/mol. The van der Waals surface area contributed by atoms with Crippen LogP contribution in [0.4, 0.5) is 13.2 Å². The molecule has 2 aromatic heterocycles. The highest BCUT2D eigenvalue weighted by atomic mass is 127. The van der Waals surface area contributed by atoms with Crippen LogP contribution in [-0.4, -0.2) is 22.5 Å². The van der Waals surface area contributed by atoms with Crippen LogP contribution in [0.15, 0.2) is 18.3 Å². The number of alkyl halides is 3. The van der Waals surface area contributed by atoms with Crippen LogP contribution in [0.25, 0.3) is 5.65 Å². The molecule has 0 aliphatic rings. The minimum absolute atomic E-state index is 0.0964. The molecule has 0 radical (unpaired) electrons. The summed E-state index contributed by atoms with van der Waals surface area (Å²) < 4.78 is 43.5. The zero-order valence-corrected chi connectivity index (χ0v) is 11.1. The number of esters is 1. The third-order valence-corrected chi connectivity index (χ3v) is 3.28. The minimum atomic E-state index is -4.52. The maximum atomic E-state index is 12.6. The van der Waals surface area contributed by atoms with E-state index >= 15 is 0 Å². The van der Waals surface area contributed by atoms with Crippen molar-refractivity contribution in [2.75, 3.05) is 7.11 Å². The van der Waals surface area contributed by atoms with Crippen molar-refractivity contribution in [2.45, 2.75) is 6.18 Å². The van der Waals surface area contributed by atoms with Crippen LogP contribution in [0, 0.1) is 3.70 Å². The highest BCUT2D eigenvalue weighted by Crippen LogP contribution is 2.32. The van der Waals surface area contributed by atoms with Gasteiger partial charge < -0.3 is 4.74 Å². The van der Waals surface area contributed by atoms with Crippen LogP contribution < -0.4 is 0 Å². The van der Waals surface area contributed by atoms with Gasteiger partial charge in [-0.05, 0) is 34.7 Å². The number of nitrogens with zero attached hydrogens (tertiary/aromatic N) is 2. The molecule has 0 saturated heterocycles. The minimum Gasteiger partial charge on any atom is -0.465 e. The number of hydrogen-bond donors (Lipinski definition) is 0. The zero-order valence-electron chi connectivity index (χ0n) is 8.95. The molecule has 0 aliphatic heterocycles. The van der Waals surface area contributed by atoms with Gasteiger partial charge in [-0.3, -0.25) is 4.40 Å². The van der Waals surface area contributed by atoms with E-state index in [2.05, 4.69) is 9.72 Å². The molecule has 0 aliphatic carbocycles. The van der Waals surface area contributed by atoms with Crippen molar-refractivity contribution < 1.29 is 22.7 Å². The van der Waals surface area contributed by atoms with E-state index in [9.17, 15) is 18.0 Å². The molecular formula is C10H6F3IN2O2. The molecule has 0 atom stereocenters. The maximum Gasteiger partial charge on any atom is 0.436 e. The lowest BCUT2D eigenvalue weighted by Crippen LogP contribution is -2.08. The number of rotatable bonds is 1. The van der Waals surface area contributed by atoms with Gasteiger partial charge in [0, 0.05) is 6.20 Å². The molecule has 0 saturated carbocycles. The molecule has 0 fully saturated rings. The molecule has 96 valence electrons. The topological polar surface area (TPSA) is 43.6 Å². The van der Waals surface area contributed by atoms with Gasteiger partial charge in [0.1, 0.15) is 9.35 Å². The first-order valence-corrected chi connectivity index (χ1v) is 5.75. The number of halogens is 4. The van der Waals surface area contributed by atoms with Crippen LogP contribution in [0.5, 0.6) is 0 Å². The summed E-state index contributed by atoms with van der Waals surface area (Å²) in [4.78, 5) is 14.8. The second-order valence-corrected chi connectivity index (χ2v) is 4.41. The molecule has 2 heterocycles. The van der Waals surface area contributed by atoms with Gasteiger partial charge in [-0.1, -0.05) is 0 Å². The van der Waals surface area contributed by atoms with E-state index in [4.69, 9.17) is 0 Å². The number of pyridine rings is 1. The molecule has 2 aromatic rings. The third-order valence-electron chi connectivity index (χ3n) is 2.25. The first-order valence-electron chi connectivity index (χ1n) is 4.67. The lowest BCUT2D eigenvalue weighted by atomic mass is 10.3. The molecule has 0 aromatic carbocycles. The van der Waals surface area contributed by atoms with Crippen molar-refractivity contribution in [1.82, 2.24) is 9.38 Å². The Morgan fingerprint density at radius 2 is 2.11 bits per heavy atom. The number of aromatic nitrogens is 2. The fourth-order valence-corrected chi connectivity index (χ4v) is 2.25. The number of methoxy groups -OCH3 is 1. The number of carbonyl (C=O) groups excluding carboxylic acids is 1. The highest BCUT2D eigenvalue weighted by Gasteiger charge is 2.37. The van der Waals surface area contributed by atoms with Crippen LogP contribution in [0.3, 0.4) is 0 Å². The summed E-state index contributed by atoms with van der Waals surface area (Å²) in [7, 11) is 1.20. The van der Waals surface area contributed by atoms with E-state index in [1.807, 2.05) is 0 Å². The molecular weight excluding hydrogens is 364 g/mol. The quantitative estimate of drug-likeness (QED) is 0.573. The predicted molar refractivity (Wildman–Crippen MR) is 64.3 cm³/mol. The zero-order chi connectivity index (χ0) is 13.5. The predicted octanol–water partition coefficient (Wildman–Crippen LogP) is 2.74. The lowest BCUT2D eigenvalue weighted by Gasteiger charge is -2.02. The second kappa shape index (κ2) is 4.41. The van der Waals surface area contributed by atoms with Crippen LogP contribution in [0.1, 0.15) is 16.1 Å². The maximum absolute atomic E-state index is 12.6. The summed E-state index contributed by atoms with van der Waals surface area (Å²) in [6.07, 6.45) is -3.25. The lowest BCUT2D eigenvalue weighted by molar-refractivity contribution is -0.141. The highest BCUT2D eigenvalue weighted by molar-refractivity contribution is 14.1. The Hall–Kier alpha value is -1.32. The Labute approximate surface area is 113 Å². The summed E-state index contributed by atoms with van der Waals surface area (Å²) in [5.74, 6) is -0.616. The fourth-order valence-electron chi connectivity index (χ4n) is 1.43. The van der Waals surface area contributed by atoms with E-state index in [0.29, 0.717) is 0 Å². The molecule has 8 heteroatoms. The molecule has 0 spiro atoms. The van der Waals surface area contributed by atoms with Crippen molar-refractivity contribution in [3.8, 4) is 0 Å². The van der Waals surface area contributed by atoms with Crippen molar-refractivity contribution in [3.63, 3.8) is 0 Å². The summed E-state index contributed by atoms with van der Waals surface area (Å²) in [6, 6.07) is 2.70. The summed E-state index contributed by atoms with van der Waals surface area (Å²) in [5.41, 5.74) is -0.682. The van der Waals surface area contributed by atoms with Gasteiger partial charge in [0.2, 0.25) is 0 Å². The van der Waals surface area contributed by atoms with Gasteiger partial charge in [-0.15, -0.1) is 0 Å². The van der Waals surface area contributed by atoms with Crippen LogP contribution >= 0.6 is 22.6 Å². The van der Waals surface area contributed by atoms with Crippen molar-refractivity contribution in [3.05, 3.63) is 33.3 Å². The molecule has 2 rings (SSSR count). The van der Waals surface area contributed by atoms with Gasteiger partial charge >= 0.3 is 12.1 Å². The first kappa shape index (κ1) is 13.1. The Bertz CT molecular complexity index is 621. The van der Waals surface area contributed by atoms with E-state index in [0.717, 1.165) is 0 Å². The number of fused-ring (bicyclic) bond motifs is 1. The SMILES string of the molecule is COC(=O)c1ccc2nc(C(F)(F)F)c(I)n2c1. The van der Waals surface area contributed by atoms with E-state index < -0.39 is 17.8 Å². The first-order chi connectivity index (χ1) is 8.34. The van der Waals surface area contributed by atoms with Crippen LogP contribution in [0.2, 0.25) is 0 Å². The van der Waals surface area contributed by atoms with Gasteiger partial charge in [-0.25, -0.2) is 9.78 Å². The Morgan fingerprint density at radius 3 is 2.67 bits per heavy atom. The number of imidazole rings is 1. The molecule has 18 heavy (non-hydrogen) atoms. The molecule has 4 nitrogen and oxygen atoms in total. The van der Waals surface area contributed by atoms with Gasteiger partial charge in [0.25, 0.3) is 0 Å². The molecule has 0 bridgehead atoms. The summed E-state index contributed by atoms with van der Waals surface area (Å²) in [6.45, 7) is 0. The average molecular weight is 370 g/mol. The van der Waals surface area contributed by atoms with E-state index in [1.165, 1.54) is 52.4 Å². The summed E-state index contributed by atoms with van der Waals surface area (Å²) >= 11 is 1.54. The smallest absolute Gasteiger partial charge is 0.436 e. The molecule has 0 N–H and O–H groups in total. The van der Waals surface area contributed by atoms with E-state index in [1.54, 1.807) is 0 Å². The second-order valence-electron chi connectivity index (χ2n) is 3.39. The van der Waals surface area contributed by atoms with Gasteiger partial charge in [-0.2, -0.15) is 13.2 Å². The normalized spacial score (nSPS) is 11.8. The standard InChI is InChI=1S/C10H6F3IN2O2/c1-18-9(17)5-2-3-6-15-7(10(11,12)13)8(14)16(6)4-5/h2-4H,1H3. The Morgan fingerprint density at radius 1 is 1.44 bits per heavy atom. The summed E-state index contributed by atoms with van der Waals surface area (Å²) in [5, 5.41) is 0. The van der Waals surface area contributed by atoms with Gasteiger partial charge in [0.15, 0.2) is 5.69 Å². The number of carbonyl (C=O) groups is 1. The third kappa shape index (κ3) is 2.16. The number of ether oxygens (including phenoxy) is 1.